The minimum Gasteiger partial charge on any atom is -0.460 e. The van der Waals surface area contributed by atoms with E-state index in [0.717, 1.165) is 17.9 Å². The molecule has 0 unspecified atom stereocenters. The average molecular weight is 215 g/mol. The highest BCUT2D eigenvalue weighted by Gasteiger charge is 2.14. The number of benzene rings is 1. The number of rotatable bonds is 2. The highest BCUT2D eigenvalue weighted by atomic mass is 16.3. The molecule has 1 aliphatic heterocycles. The van der Waals surface area contributed by atoms with Gasteiger partial charge in [0.15, 0.2) is 0 Å². The Bertz CT molecular complexity index is 494. The molecule has 84 valence electrons. The molecular weight excluding hydrogens is 198 g/mol. The molecule has 0 radical (unpaired) electrons. The summed E-state index contributed by atoms with van der Waals surface area (Å²) in [7, 11) is 0. The fraction of sp³-hybridized carbons (Fsp3) is 0.429. The van der Waals surface area contributed by atoms with Gasteiger partial charge in [0.25, 0.3) is 0 Å². The van der Waals surface area contributed by atoms with Crippen molar-refractivity contribution in [2.24, 2.45) is 0 Å². The van der Waals surface area contributed by atoms with E-state index in [4.69, 9.17) is 4.42 Å². The van der Waals surface area contributed by atoms with Gasteiger partial charge in [0.05, 0.1) is 6.54 Å². The molecule has 0 N–H and O–H groups in total. The molecule has 0 bridgehead atoms. The van der Waals surface area contributed by atoms with Gasteiger partial charge in [0.1, 0.15) is 11.3 Å². The van der Waals surface area contributed by atoms with Gasteiger partial charge in [-0.1, -0.05) is 12.1 Å². The Hall–Kier alpha value is -1.28. The van der Waals surface area contributed by atoms with Crippen LogP contribution in [0.3, 0.4) is 0 Å². The summed E-state index contributed by atoms with van der Waals surface area (Å²) in [6.45, 7) is 5.54. The molecule has 2 nitrogen and oxygen atoms in total. The summed E-state index contributed by atoms with van der Waals surface area (Å²) >= 11 is 0. The van der Waals surface area contributed by atoms with Crippen molar-refractivity contribution < 1.29 is 4.42 Å². The Balaban J connectivity index is 1.90. The maximum absolute atomic E-state index is 5.87. The molecule has 1 aromatic carbocycles. The minimum absolute atomic E-state index is 0.966. The SMILES string of the molecule is Cc1cccc2oc(CN3CCCC3)cc12. The number of nitrogens with zero attached hydrogens (tertiary/aromatic N) is 1. The molecule has 1 aliphatic rings. The fourth-order valence-corrected chi connectivity index (χ4v) is 2.50. The van der Waals surface area contributed by atoms with Gasteiger partial charge in [-0.2, -0.15) is 0 Å². The maximum atomic E-state index is 5.87. The van der Waals surface area contributed by atoms with Crippen LogP contribution in [0.2, 0.25) is 0 Å². The zero-order chi connectivity index (χ0) is 11.0. The van der Waals surface area contributed by atoms with Crippen LogP contribution in [-0.2, 0) is 6.54 Å². The first-order chi connectivity index (χ1) is 7.83. The first-order valence-electron chi connectivity index (χ1n) is 6.03. The van der Waals surface area contributed by atoms with Crippen LogP contribution in [0.1, 0.15) is 24.2 Å². The smallest absolute Gasteiger partial charge is 0.134 e. The van der Waals surface area contributed by atoms with Crippen molar-refractivity contribution in [3.05, 3.63) is 35.6 Å². The molecule has 0 spiro atoms. The van der Waals surface area contributed by atoms with Crippen molar-refractivity contribution in [2.75, 3.05) is 13.1 Å². The number of aryl methyl sites for hydroxylation is 1. The quantitative estimate of drug-likeness (QED) is 0.764. The van der Waals surface area contributed by atoms with Crippen LogP contribution in [0.4, 0.5) is 0 Å². The van der Waals surface area contributed by atoms with Gasteiger partial charge in [-0.3, -0.25) is 4.90 Å². The molecule has 0 saturated carbocycles. The van der Waals surface area contributed by atoms with E-state index in [-0.39, 0.29) is 0 Å². The van der Waals surface area contributed by atoms with E-state index in [1.807, 2.05) is 0 Å². The van der Waals surface area contributed by atoms with Gasteiger partial charge in [0.2, 0.25) is 0 Å². The number of hydrogen-bond acceptors (Lipinski definition) is 2. The first kappa shape index (κ1) is 9.91. The minimum atomic E-state index is 0.966. The van der Waals surface area contributed by atoms with E-state index in [0.29, 0.717) is 0 Å². The fourth-order valence-electron chi connectivity index (χ4n) is 2.50. The molecule has 0 amide bonds. The molecule has 2 aromatic rings. The van der Waals surface area contributed by atoms with Crippen LogP contribution in [0, 0.1) is 6.92 Å². The van der Waals surface area contributed by atoms with E-state index >= 15 is 0 Å². The molecule has 1 saturated heterocycles. The Kier molecular flexibility index (Phi) is 2.44. The van der Waals surface area contributed by atoms with Crippen molar-refractivity contribution in [2.45, 2.75) is 26.3 Å². The van der Waals surface area contributed by atoms with Crippen LogP contribution in [0.15, 0.2) is 28.7 Å². The topological polar surface area (TPSA) is 16.4 Å². The molecule has 3 rings (SSSR count). The van der Waals surface area contributed by atoms with Crippen LogP contribution < -0.4 is 0 Å². The molecule has 16 heavy (non-hydrogen) atoms. The third-order valence-electron chi connectivity index (χ3n) is 3.41. The Morgan fingerprint density at radius 2 is 2.06 bits per heavy atom. The Morgan fingerprint density at radius 3 is 2.81 bits per heavy atom. The highest BCUT2D eigenvalue weighted by molar-refractivity contribution is 5.81. The van der Waals surface area contributed by atoms with Gasteiger partial charge in [-0.05, 0) is 50.6 Å². The highest BCUT2D eigenvalue weighted by Crippen LogP contribution is 2.24. The van der Waals surface area contributed by atoms with E-state index in [1.165, 1.54) is 36.9 Å². The summed E-state index contributed by atoms with van der Waals surface area (Å²) in [5.74, 6) is 1.10. The molecule has 1 aromatic heterocycles. The second kappa shape index (κ2) is 3.95. The molecule has 0 aliphatic carbocycles. The monoisotopic (exact) mass is 215 g/mol. The van der Waals surface area contributed by atoms with E-state index in [1.54, 1.807) is 0 Å². The van der Waals surface area contributed by atoms with Crippen LogP contribution in [0.25, 0.3) is 11.0 Å². The maximum Gasteiger partial charge on any atom is 0.134 e. The van der Waals surface area contributed by atoms with Crippen molar-refractivity contribution in [3.8, 4) is 0 Å². The lowest BCUT2D eigenvalue weighted by molar-refractivity contribution is 0.302. The summed E-state index contributed by atoms with van der Waals surface area (Å²) in [5.41, 5.74) is 2.32. The summed E-state index contributed by atoms with van der Waals surface area (Å²) in [4.78, 5) is 2.47. The second-order valence-electron chi connectivity index (χ2n) is 4.68. The largest absolute Gasteiger partial charge is 0.460 e. The Morgan fingerprint density at radius 1 is 1.25 bits per heavy atom. The number of hydrogen-bond donors (Lipinski definition) is 0. The Labute approximate surface area is 95.9 Å². The summed E-state index contributed by atoms with van der Waals surface area (Å²) in [6.07, 6.45) is 2.67. The lowest BCUT2D eigenvalue weighted by atomic mass is 10.1. The number of furan rings is 1. The zero-order valence-corrected chi connectivity index (χ0v) is 9.70. The van der Waals surface area contributed by atoms with E-state index in [2.05, 4.69) is 36.1 Å². The van der Waals surface area contributed by atoms with Crippen molar-refractivity contribution in [3.63, 3.8) is 0 Å². The summed E-state index contributed by atoms with van der Waals surface area (Å²) in [6, 6.07) is 8.44. The van der Waals surface area contributed by atoms with Crippen LogP contribution in [0.5, 0.6) is 0 Å². The molecule has 1 fully saturated rings. The summed E-state index contributed by atoms with van der Waals surface area (Å²) in [5, 5.41) is 1.26. The van der Waals surface area contributed by atoms with Crippen molar-refractivity contribution in [1.82, 2.24) is 4.90 Å². The molecule has 0 atom stereocenters. The third kappa shape index (κ3) is 1.74. The number of fused-ring (bicyclic) bond motifs is 1. The average Bonchev–Trinajstić information content (AvgIpc) is 2.88. The van der Waals surface area contributed by atoms with Gasteiger partial charge in [-0.15, -0.1) is 0 Å². The predicted octanol–water partition coefficient (Wildman–Crippen LogP) is 3.34. The van der Waals surface area contributed by atoms with Crippen molar-refractivity contribution >= 4 is 11.0 Å². The van der Waals surface area contributed by atoms with Gasteiger partial charge in [-0.25, -0.2) is 0 Å². The standard InChI is InChI=1S/C14H17NO/c1-11-5-4-6-14-13(11)9-12(16-14)10-15-7-2-3-8-15/h4-6,9H,2-3,7-8,10H2,1H3. The van der Waals surface area contributed by atoms with Crippen LogP contribution in [-0.4, -0.2) is 18.0 Å². The first-order valence-corrected chi connectivity index (χ1v) is 6.03. The molecular formula is C14H17NO. The van der Waals surface area contributed by atoms with Gasteiger partial charge in [0, 0.05) is 5.39 Å². The third-order valence-corrected chi connectivity index (χ3v) is 3.41. The lowest BCUT2D eigenvalue weighted by Crippen LogP contribution is -2.17. The normalized spacial score (nSPS) is 17.3. The zero-order valence-electron chi connectivity index (χ0n) is 9.70. The van der Waals surface area contributed by atoms with Gasteiger partial charge >= 0.3 is 0 Å². The van der Waals surface area contributed by atoms with Crippen molar-refractivity contribution in [1.29, 1.82) is 0 Å². The predicted molar refractivity (Wildman–Crippen MR) is 65.5 cm³/mol. The summed E-state index contributed by atoms with van der Waals surface area (Å²) < 4.78 is 5.87. The number of likely N-dealkylation sites (tertiary alicyclic amines) is 1. The van der Waals surface area contributed by atoms with Gasteiger partial charge < -0.3 is 4.42 Å². The molecule has 2 heterocycles. The van der Waals surface area contributed by atoms with E-state index in [9.17, 15) is 0 Å². The van der Waals surface area contributed by atoms with Crippen LogP contribution >= 0.6 is 0 Å². The second-order valence-corrected chi connectivity index (χ2v) is 4.68. The van der Waals surface area contributed by atoms with E-state index < -0.39 is 0 Å². The molecule has 2 heteroatoms. The lowest BCUT2D eigenvalue weighted by Gasteiger charge is -2.11.